The molecular formula is C18H20F3N3O4. The molecule has 2 aromatic rings. The Kier molecular flexibility index (Phi) is 5.50. The molecule has 28 heavy (non-hydrogen) atoms. The minimum Gasteiger partial charge on any atom is -0.496 e. The summed E-state index contributed by atoms with van der Waals surface area (Å²) in [4.78, 5) is 19.4. The first-order valence-corrected chi connectivity index (χ1v) is 8.47. The van der Waals surface area contributed by atoms with E-state index in [4.69, 9.17) is 14.2 Å². The molecule has 1 N–H and O–H groups in total. The SMILES string of the molecule is COc1cc(OC)c(OC)cc1CN1CCc2c(nc(C(F)(F)F)[nH]c2=O)C1. The predicted octanol–water partition coefficient (Wildman–Crippen LogP) is 2.37. The molecule has 10 heteroatoms. The van der Waals surface area contributed by atoms with Crippen LogP contribution in [0.2, 0.25) is 0 Å². The third-order valence-corrected chi connectivity index (χ3v) is 4.60. The van der Waals surface area contributed by atoms with E-state index in [2.05, 4.69) is 4.98 Å². The molecule has 152 valence electrons. The minimum absolute atomic E-state index is 0.125. The largest absolute Gasteiger partial charge is 0.496 e. The Morgan fingerprint density at radius 3 is 2.36 bits per heavy atom. The molecule has 0 atom stereocenters. The smallest absolute Gasteiger partial charge is 0.449 e. The van der Waals surface area contributed by atoms with Gasteiger partial charge in [0, 0.05) is 36.8 Å². The van der Waals surface area contributed by atoms with E-state index in [-0.39, 0.29) is 12.2 Å². The monoisotopic (exact) mass is 399 g/mol. The number of nitrogens with one attached hydrogen (secondary N) is 1. The highest BCUT2D eigenvalue weighted by Gasteiger charge is 2.36. The van der Waals surface area contributed by atoms with E-state index in [0.29, 0.717) is 42.3 Å². The summed E-state index contributed by atoms with van der Waals surface area (Å²) >= 11 is 0. The highest BCUT2D eigenvalue weighted by molar-refractivity contribution is 5.50. The van der Waals surface area contributed by atoms with Crippen LogP contribution in [0.4, 0.5) is 13.2 Å². The van der Waals surface area contributed by atoms with Crippen molar-refractivity contribution in [2.45, 2.75) is 25.7 Å². The third kappa shape index (κ3) is 3.91. The van der Waals surface area contributed by atoms with Gasteiger partial charge in [0.25, 0.3) is 5.56 Å². The summed E-state index contributed by atoms with van der Waals surface area (Å²) in [5.41, 5.74) is 0.482. The first-order valence-electron chi connectivity index (χ1n) is 8.47. The fraction of sp³-hybridized carbons (Fsp3) is 0.444. The van der Waals surface area contributed by atoms with Crippen molar-refractivity contribution in [2.24, 2.45) is 0 Å². The number of hydrogen-bond donors (Lipinski definition) is 1. The van der Waals surface area contributed by atoms with Gasteiger partial charge in [-0.15, -0.1) is 0 Å². The molecule has 0 spiro atoms. The molecule has 0 aliphatic carbocycles. The van der Waals surface area contributed by atoms with Crippen molar-refractivity contribution in [3.05, 3.63) is 45.1 Å². The van der Waals surface area contributed by atoms with Crippen LogP contribution in [0, 0.1) is 0 Å². The Hall–Kier alpha value is -2.75. The van der Waals surface area contributed by atoms with Crippen LogP contribution in [0.1, 0.15) is 22.6 Å². The van der Waals surface area contributed by atoms with Crippen molar-refractivity contribution >= 4 is 0 Å². The number of benzene rings is 1. The summed E-state index contributed by atoms with van der Waals surface area (Å²) in [5.74, 6) is 0.319. The zero-order chi connectivity index (χ0) is 20.5. The lowest BCUT2D eigenvalue weighted by atomic mass is 10.0. The van der Waals surface area contributed by atoms with Gasteiger partial charge in [-0.3, -0.25) is 9.69 Å². The van der Waals surface area contributed by atoms with Crippen LogP contribution in [0.15, 0.2) is 16.9 Å². The predicted molar refractivity (Wildman–Crippen MR) is 93.8 cm³/mol. The molecule has 0 amide bonds. The minimum atomic E-state index is -4.71. The quantitative estimate of drug-likeness (QED) is 0.832. The van der Waals surface area contributed by atoms with Crippen LogP contribution in [-0.2, 0) is 25.7 Å². The Labute approximate surface area is 159 Å². The van der Waals surface area contributed by atoms with Gasteiger partial charge in [0.1, 0.15) is 5.75 Å². The first kappa shape index (κ1) is 20.0. The summed E-state index contributed by atoms with van der Waals surface area (Å²) < 4.78 is 54.8. The van der Waals surface area contributed by atoms with Crippen molar-refractivity contribution < 1.29 is 27.4 Å². The van der Waals surface area contributed by atoms with Gasteiger partial charge in [-0.1, -0.05) is 0 Å². The standard InChI is InChI=1S/C18H20F3N3O4/c1-26-13-7-15(28-3)14(27-2)6-10(13)8-24-5-4-11-12(9-24)22-17(18(19,20)21)23-16(11)25/h6-7H,4-5,8-9H2,1-3H3,(H,22,23,25). The average molecular weight is 399 g/mol. The number of aromatic amines is 1. The molecule has 2 heterocycles. The highest BCUT2D eigenvalue weighted by Crippen LogP contribution is 2.35. The number of hydrogen-bond acceptors (Lipinski definition) is 6. The lowest BCUT2D eigenvalue weighted by molar-refractivity contribution is -0.145. The number of nitrogens with zero attached hydrogens (tertiary/aromatic N) is 2. The van der Waals surface area contributed by atoms with E-state index in [1.54, 1.807) is 12.1 Å². The molecule has 0 bridgehead atoms. The van der Waals surface area contributed by atoms with Gasteiger partial charge in [-0.2, -0.15) is 13.2 Å². The Balaban J connectivity index is 1.89. The molecular weight excluding hydrogens is 379 g/mol. The van der Waals surface area contributed by atoms with Crippen LogP contribution in [0.25, 0.3) is 0 Å². The molecule has 3 rings (SSSR count). The van der Waals surface area contributed by atoms with Gasteiger partial charge in [-0.25, -0.2) is 4.98 Å². The maximum atomic E-state index is 12.9. The molecule has 0 radical (unpaired) electrons. The second kappa shape index (κ2) is 7.70. The van der Waals surface area contributed by atoms with Gasteiger partial charge in [0.15, 0.2) is 11.5 Å². The van der Waals surface area contributed by atoms with Crippen LogP contribution in [0.3, 0.4) is 0 Å². The van der Waals surface area contributed by atoms with E-state index < -0.39 is 17.6 Å². The molecule has 1 aliphatic heterocycles. The van der Waals surface area contributed by atoms with Crippen molar-refractivity contribution in [2.75, 3.05) is 27.9 Å². The number of aromatic nitrogens is 2. The zero-order valence-electron chi connectivity index (χ0n) is 15.6. The maximum Gasteiger partial charge on any atom is 0.449 e. The molecule has 0 unspecified atom stereocenters. The zero-order valence-corrected chi connectivity index (χ0v) is 15.6. The number of methoxy groups -OCH3 is 3. The van der Waals surface area contributed by atoms with Crippen LogP contribution in [-0.4, -0.2) is 42.7 Å². The number of fused-ring (bicyclic) bond motifs is 1. The second-order valence-corrected chi connectivity index (χ2v) is 6.32. The molecule has 7 nitrogen and oxygen atoms in total. The van der Waals surface area contributed by atoms with Crippen LogP contribution in [0.5, 0.6) is 17.2 Å². The third-order valence-electron chi connectivity index (χ3n) is 4.60. The fourth-order valence-corrected chi connectivity index (χ4v) is 3.22. The summed E-state index contributed by atoms with van der Waals surface area (Å²) in [5, 5.41) is 0. The number of ether oxygens (including phenoxy) is 3. The second-order valence-electron chi connectivity index (χ2n) is 6.32. The van der Waals surface area contributed by atoms with Gasteiger partial charge in [0.05, 0.1) is 27.0 Å². The maximum absolute atomic E-state index is 12.9. The van der Waals surface area contributed by atoms with E-state index in [1.807, 2.05) is 9.88 Å². The van der Waals surface area contributed by atoms with Gasteiger partial charge < -0.3 is 19.2 Å². The van der Waals surface area contributed by atoms with E-state index in [0.717, 1.165) is 5.56 Å². The van der Waals surface area contributed by atoms with Gasteiger partial charge in [0.2, 0.25) is 5.82 Å². The average Bonchev–Trinajstić information content (AvgIpc) is 2.66. The van der Waals surface area contributed by atoms with Crippen LogP contribution >= 0.6 is 0 Å². The Bertz CT molecular complexity index is 928. The van der Waals surface area contributed by atoms with Gasteiger partial charge >= 0.3 is 6.18 Å². The number of halogens is 3. The summed E-state index contributed by atoms with van der Waals surface area (Å²) in [6.07, 6.45) is -4.39. The van der Waals surface area contributed by atoms with Crippen molar-refractivity contribution in [3.8, 4) is 17.2 Å². The lowest BCUT2D eigenvalue weighted by Gasteiger charge is -2.28. The topological polar surface area (TPSA) is 76.7 Å². The van der Waals surface area contributed by atoms with Crippen molar-refractivity contribution in [1.82, 2.24) is 14.9 Å². The number of alkyl halides is 3. The normalized spacial score (nSPS) is 14.5. The van der Waals surface area contributed by atoms with Crippen molar-refractivity contribution in [1.29, 1.82) is 0 Å². The number of H-pyrrole nitrogens is 1. The molecule has 0 saturated heterocycles. The van der Waals surface area contributed by atoms with Gasteiger partial charge in [-0.05, 0) is 12.5 Å². The molecule has 0 saturated carbocycles. The Morgan fingerprint density at radius 2 is 1.75 bits per heavy atom. The summed E-state index contributed by atoms with van der Waals surface area (Å²) in [7, 11) is 4.55. The Morgan fingerprint density at radius 1 is 1.11 bits per heavy atom. The van der Waals surface area contributed by atoms with E-state index in [9.17, 15) is 18.0 Å². The first-order chi connectivity index (χ1) is 13.3. The van der Waals surface area contributed by atoms with Crippen molar-refractivity contribution in [3.63, 3.8) is 0 Å². The molecule has 1 aliphatic rings. The fourth-order valence-electron chi connectivity index (χ4n) is 3.22. The molecule has 1 aromatic carbocycles. The lowest BCUT2D eigenvalue weighted by Crippen LogP contribution is -2.36. The van der Waals surface area contributed by atoms with Crippen LogP contribution < -0.4 is 19.8 Å². The molecule has 1 aromatic heterocycles. The molecule has 0 fully saturated rings. The number of rotatable bonds is 5. The van der Waals surface area contributed by atoms with E-state index in [1.165, 1.54) is 21.3 Å². The van der Waals surface area contributed by atoms with E-state index >= 15 is 0 Å². The summed E-state index contributed by atoms with van der Waals surface area (Å²) in [6.45, 7) is 1.01. The summed E-state index contributed by atoms with van der Waals surface area (Å²) in [6, 6.07) is 3.45. The highest BCUT2D eigenvalue weighted by atomic mass is 19.4.